The number of halogens is 1. The van der Waals surface area contributed by atoms with Crippen molar-refractivity contribution in [1.29, 1.82) is 0 Å². The Hall–Kier alpha value is -3.84. The first-order valence-corrected chi connectivity index (χ1v) is 11.4. The summed E-state index contributed by atoms with van der Waals surface area (Å²) in [6, 6.07) is 23.4. The molecule has 6 nitrogen and oxygen atoms in total. The first kappa shape index (κ1) is 22.0. The van der Waals surface area contributed by atoms with E-state index in [0.29, 0.717) is 22.8 Å². The van der Waals surface area contributed by atoms with Crippen LogP contribution in [0.15, 0.2) is 83.4 Å². The maximum absolute atomic E-state index is 13.5. The fraction of sp³-hybridized carbons (Fsp3) is 0.222. The topological polar surface area (TPSA) is 71.3 Å². The fourth-order valence-corrected chi connectivity index (χ4v) is 4.34. The Labute approximate surface area is 197 Å². The number of para-hydroxylation sites is 1. The monoisotopic (exact) mass is 456 g/mol. The van der Waals surface area contributed by atoms with E-state index in [0.717, 1.165) is 43.7 Å². The summed E-state index contributed by atoms with van der Waals surface area (Å²) in [7, 11) is 0. The molecule has 0 aliphatic carbocycles. The van der Waals surface area contributed by atoms with Gasteiger partial charge in [-0.15, -0.1) is 0 Å². The predicted octanol–water partition coefficient (Wildman–Crippen LogP) is 5.51. The number of benzene rings is 3. The molecule has 3 aromatic carbocycles. The Morgan fingerprint density at radius 3 is 2.76 bits per heavy atom. The molecule has 172 valence electrons. The number of rotatable bonds is 6. The van der Waals surface area contributed by atoms with Crippen LogP contribution in [-0.2, 0) is 6.54 Å². The van der Waals surface area contributed by atoms with Crippen molar-refractivity contribution in [3.05, 3.63) is 102 Å². The predicted molar refractivity (Wildman–Crippen MR) is 128 cm³/mol. The maximum atomic E-state index is 13.5. The number of amides is 1. The lowest BCUT2D eigenvalue weighted by Gasteiger charge is -2.31. The van der Waals surface area contributed by atoms with Gasteiger partial charge in [0.25, 0.3) is 5.91 Å². The second-order valence-electron chi connectivity index (χ2n) is 8.56. The molecule has 0 radical (unpaired) electrons. The third-order valence-corrected chi connectivity index (χ3v) is 6.01. The number of piperidine rings is 1. The van der Waals surface area contributed by atoms with E-state index in [9.17, 15) is 9.18 Å². The zero-order valence-electron chi connectivity index (χ0n) is 18.7. The quantitative estimate of drug-likeness (QED) is 0.414. The molecule has 1 aliphatic heterocycles. The molecular formula is C27H25FN4O2. The van der Waals surface area contributed by atoms with Crippen LogP contribution in [0.4, 0.5) is 10.1 Å². The van der Waals surface area contributed by atoms with Crippen LogP contribution in [0, 0.1) is 5.82 Å². The average molecular weight is 457 g/mol. The van der Waals surface area contributed by atoms with Crippen LogP contribution in [0.3, 0.4) is 0 Å². The summed E-state index contributed by atoms with van der Waals surface area (Å²) < 4.78 is 19.1. The third-order valence-electron chi connectivity index (χ3n) is 6.01. The van der Waals surface area contributed by atoms with Gasteiger partial charge in [-0.3, -0.25) is 9.69 Å². The number of anilines is 1. The van der Waals surface area contributed by atoms with Gasteiger partial charge in [-0.2, -0.15) is 4.98 Å². The lowest BCUT2D eigenvalue weighted by atomic mass is 9.97. The van der Waals surface area contributed by atoms with Gasteiger partial charge in [0, 0.05) is 29.9 Å². The summed E-state index contributed by atoms with van der Waals surface area (Å²) in [4.78, 5) is 19.5. The normalized spacial score (nSPS) is 16.3. The first-order chi connectivity index (χ1) is 16.6. The highest BCUT2D eigenvalue weighted by Crippen LogP contribution is 2.28. The summed E-state index contributed by atoms with van der Waals surface area (Å²) in [5.41, 5.74) is 3.08. The van der Waals surface area contributed by atoms with Crippen LogP contribution in [0.5, 0.6) is 0 Å². The van der Waals surface area contributed by atoms with Crippen molar-refractivity contribution >= 4 is 11.6 Å². The van der Waals surface area contributed by atoms with Crippen LogP contribution in [0.1, 0.15) is 40.6 Å². The molecular weight excluding hydrogens is 431 g/mol. The largest absolute Gasteiger partial charge is 0.339 e. The van der Waals surface area contributed by atoms with E-state index in [4.69, 9.17) is 4.52 Å². The molecule has 0 spiro atoms. The summed E-state index contributed by atoms with van der Waals surface area (Å²) in [5.74, 6) is 0.657. The van der Waals surface area contributed by atoms with Crippen LogP contribution in [0.25, 0.3) is 11.4 Å². The molecule has 1 unspecified atom stereocenters. The van der Waals surface area contributed by atoms with Gasteiger partial charge in [0.2, 0.25) is 11.7 Å². The van der Waals surface area contributed by atoms with Crippen molar-refractivity contribution in [2.45, 2.75) is 25.3 Å². The number of hydrogen-bond acceptors (Lipinski definition) is 5. The molecule has 1 amide bonds. The Morgan fingerprint density at radius 1 is 1.06 bits per heavy atom. The highest BCUT2D eigenvalue weighted by Gasteiger charge is 2.26. The van der Waals surface area contributed by atoms with Gasteiger partial charge in [0.15, 0.2) is 0 Å². The maximum Gasteiger partial charge on any atom is 0.255 e. The number of likely N-dealkylation sites (tertiary alicyclic amines) is 1. The van der Waals surface area contributed by atoms with Crippen LogP contribution < -0.4 is 5.32 Å². The highest BCUT2D eigenvalue weighted by molar-refractivity contribution is 6.04. The standard InChI is InChI=1S/C27H25FN4O2/c28-23-11-5-8-20(16-23)25-30-27(34-31-25)22-10-6-14-32(18-22)17-19-7-4-9-21(15-19)26(33)29-24-12-2-1-3-13-24/h1-5,7-9,11-13,15-16,22H,6,10,14,17-18H2,(H,29,33). The van der Waals surface area contributed by atoms with Gasteiger partial charge in [-0.1, -0.05) is 47.6 Å². The summed E-state index contributed by atoms with van der Waals surface area (Å²) >= 11 is 0. The summed E-state index contributed by atoms with van der Waals surface area (Å²) in [6.45, 7) is 2.47. The zero-order chi connectivity index (χ0) is 23.3. The molecule has 1 fully saturated rings. The van der Waals surface area contributed by atoms with Crippen molar-refractivity contribution in [3.63, 3.8) is 0 Å². The van der Waals surface area contributed by atoms with Crippen LogP contribution in [-0.4, -0.2) is 34.0 Å². The number of nitrogens with zero attached hydrogens (tertiary/aromatic N) is 3. The Kier molecular flexibility index (Phi) is 6.44. The van der Waals surface area contributed by atoms with E-state index in [-0.39, 0.29) is 17.6 Å². The molecule has 1 saturated heterocycles. The summed E-state index contributed by atoms with van der Waals surface area (Å²) in [5, 5.41) is 6.99. The second kappa shape index (κ2) is 9.97. The number of nitrogens with one attached hydrogen (secondary N) is 1. The molecule has 1 N–H and O–H groups in total. The molecule has 5 rings (SSSR count). The molecule has 1 aromatic heterocycles. The first-order valence-electron chi connectivity index (χ1n) is 11.4. The Morgan fingerprint density at radius 2 is 1.91 bits per heavy atom. The van der Waals surface area contributed by atoms with Crippen molar-refractivity contribution in [2.24, 2.45) is 0 Å². The van der Waals surface area contributed by atoms with E-state index in [1.807, 2.05) is 54.6 Å². The van der Waals surface area contributed by atoms with Gasteiger partial charge < -0.3 is 9.84 Å². The van der Waals surface area contributed by atoms with Crippen molar-refractivity contribution < 1.29 is 13.7 Å². The van der Waals surface area contributed by atoms with Gasteiger partial charge in [0.1, 0.15) is 5.82 Å². The average Bonchev–Trinajstić information content (AvgIpc) is 3.36. The Bertz CT molecular complexity index is 1270. The van der Waals surface area contributed by atoms with Gasteiger partial charge in [-0.25, -0.2) is 4.39 Å². The lowest BCUT2D eigenvalue weighted by molar-refractivity contribution is 0.102. The van der Waals surface area contributed by atoms with Crippen molar-refractivity contribution in [1.82, 2.24) is 15.0 Å². The van der Waals surface area contributed by atoms with Crippen LogP contribution in [0.2, 0.25) is 0 Å². The zero-order valence-corrected chi connectivity index (χ0v) is 18.7. The number of aromatic nitrogens is 2. The van der Waals surface area contributed by atoms with E-state index in [2.05, 4.69) is 20.4 Å². The van der Waals surface area contributed by atoms with E-state index >= 15 is 0 Å². The second-order valence-corrected chi connectivity index (χ2v) is 8.56. The molecule has 2 heterocycles. The number of carbonyl (C=O) groups is 1. The minimum atomic E-state index is -0.327. The SMILES string of the molecule is O=C(Nc1ccccc1)c1cccc(CN2CCCC(c3nc(-c4cccc(F)c4)no3)C2)c1. The third kappa shape index (κ3) is 5.21. The van der Waals surface area contributed by atoms with Gasteiger partial charge >= 0.3 is 0 Å². The van der Waals surface area contributed by atoms with E-state index in [1.165, 1.54) is 12.1 Å². The van der Waals surface area contributed by atoms with Crippen molar-refractivity contribution in [2.75, 3.05) is 18.4 Å². The molecule has 4 aromatic rings. The minimum Gasteiger partial charge on any atom is -0.339 e. The number of carbonyl (C=O) groups excluding carboxylic acids is 1. The lowest BCUT2D eigenvalue weighted by Crippen LogP contribution is -2.34. The molecule has 0 saturated carbocycles. The molecule has 34 heavy (non-hydrogen) atoms. The van der Waals surface area contributed by atoms with E-state index in [1.54, 1.807) is 12.1 Å². The fourth-order valence-electron chi connectivity index (χ4n) is 4.34. The molecule has 0 bridgehead atoms. The summed E-state index contributed by atoms with van der Waals surface area (Å²) in [6.07, 6.45) is 1.97. The van der Waals surface area contributed by atoms with Gasteiger partial charge in [0.05, 0.1) is 5.92 Å². The van der Waals surface area contributed by atoms with Crippen molar-refractivity contribution in [3.8, 4) is 11.4 Å². The minimum absolute atomic E-state index is 0.119. The van der Waals surface area contributed by atoms with Crippen LogP contribution >= 0.6 is 0 Å². The molecule has 1 atom stereocenters. The molecule has 7 heteroatoms. The van der Waals surface area contributed by atoms with E-state index < -0.39 is 0 Å². The molecule has 1 aliphatic rings. The Balaban J connectivity index is 1.24. The smallest absolute Gasteiger partial charge is 0.255 e. The highest BCUT2D eigenvalue weighted by atomic mass is 19.1. The van der Waals surface area contributed by atoms with Gasteiger partial charge in [-0.05, 0) is 61.3 Å². The number of hydrogen-bond donors (Lipinski definition) is 1.